The lowest BCUT2D eigenvalue weighted by Crippen LogP contribution is -2.44. The van der Waals surface area contributed by atoms with Crippen LogP contribution in [0.3, 0.4) is 0 Å². The third-order valence-electron chi connectivity index (χ3n) is 4.94. The predicted octanol–water partition coefficient (Wildman–Crippen LogP) is -0.0493. The summed E-state index contributed by atoms with van der Waals surface area (Å²) in [6.07, 6.45) is 4.30. The number of nitrogens with two attached hydrogens (primary N) is 1. The molecule has 3 aliphatic rings. The van der Waals surface area contributed by atoms with Crippen molar-refractivity contribution in [3.8, 4) is 0 Å². The molecule has 2 aliphatic heterocycles. The van der Waals surface area contributed by atoms with Gasteiger partial charge in [-0.15, -0.1) is 0 Å². The maximum atomic E-state index is 12.0. The van der Waals surface area contributed by atoms with Crippen LogP contribution in [0.2, 0.25) is 0 Å². The lowest BCUT2D eigenvalue weighted by atomic mass is 9.98. The molecule has 0 spiro atoms. The van der Waals surface area contributed by atoms with Crippen molar-refractivity contribution in [1.82, 2.24) is 10.2 Å². The first-order chi connectivity index (χ1) is 9.22. The second-order valence-electron chi connectivity index (χ2n) is 6.31. The van der Waals surface area contributed by atoms with Crippen LogP contribution in [-0.4, -0.2) is 55.7 Å². The minimum absolute atomic E-state index is 0.167. The smallest absolute Gasteiger partial charge is 0.234 e. The normalized spacial score (nSPS) is 36.4. The molecule has 5 heteroatoms. The van der Waals surface area contributed by atoms with Crippen molar-refractivity contribution in [2.75, 3.05) is 32.8 Å². The van der Waals surface area contributed by atoms with E-state index < -0.39 is 0 Å². The molecular formula is C14H25N3O2. The number of nitrogens with zero attached hydrogens (tertiary/aromatic N) is 1. The standard InChI is InChI=1S/C14H25N3O2/c15-13-2-1-10-7-17(8-12(10)13)9-14(18)16-11-3-5-19-6-4-11/h10-13H,1-9,15H2,(H,16,18). The van der Waals surface area contributed by atoms with Gasteiger partial charge in [0.05, 0.1) is 6.54 Å². The van der Waals surface area contributed by atoms with Crippen molar-refractivity contribution in [2.45, 2.75) is 37.8 Å². The van der Waals surface area contributed by atoms with Gasteiger partial charge in [-0.25, -0.2) is 0 Å². The first-order valence-corrected chi connectivity index (χ1v) is 7.57. The lowest BCUT2D eigenvalue weighted by molar-refractivity contribution is -0.123. The number of hydrogen-bond donors (Lipinski definition) is 2. The Hall–Kier alpha value is -0.650. The lowest BCUT2D eigenvalue weighted by Gasteiger charge is -2.24. The van der Waals surface area contributed by atoms with Crippen molar-refractivity contribution >= 4 is 5.91 Å². The van der Waals surface area contributed by atoms with E-state index >= 15 is 0 Å². The molecule has 3 atom stereocenters. The number of amides is 1. The van der Waals surface area contributed by atoms with E-state index in [1.807, 2.05) is 0 Å². The van der Waals surface area contributed by atoms with Crippen LogP contribution in [0.1, 0.15) is 25.7 Å². The molecule has 0 aromatic carbocycles. The Morgan fingerprint density at radius 3 is 2.74 bits per heavy atom. The van der Waals surface area contributed by atoms with Crippen LogP contribution in [0.4, 0.5) is 0 Å². The second-order valence-corrected chi connectivity index (χ2v) is 6.31. The number of likely N-dealkylation sites (tertiary alicyclic amines) is 1. The Morgan fingerprint density at radius 2 is 2.00 bits per heavy atom. The highest BCUT2D eigenvalue weighted by Gasteiger charge is 2.41. The summed E-state index contributed by atoms with van der Waals surface area (Å²) < 4.78 is 5.30. The van der Waals surface area contributed by atoms with E-state index in [1.165, 1.54) is 6.42 Å². The zero-order valence-corrected chi connectivity index (χ0v) is 11.5. The quantitative estimate of drug-likeness (QED) is 0.752. The van der Waals surface area contributed by atoms with Crippen molar-refractivity contribution in [2.24, 2.45) is 17.6 Å². The van der Waals surface area contributed by atoms with Crippen LogP contribution in [0.25, 0.3) is 0 Å². The average Bonchev–Trinajstić information content (AvgIpc) is 2.93. The summed E-state index contributed by atoms with van der Waals surface area (Å²) in [5, 5.41) is 3.13. The number of carbonyl (C=O) groups excluding carboxylic acids is 1. The molecule has 0 aromatic heterocycles. The van der Waals surface area contributed by atoms with Gasteiger partial charge in [-0.3, -0.25) is 9.69 Å². The van der Waals surface area contributed by atoms with Crippen molar-refractivity contribution in [3.63, 3.8) is 0 Å². The van der Waals surface area contributed by atoms with E-state index in [9.17, 15) is 4.79 Å². The molecule has 3 N–H and O–H groups in total. The Bertz CT molecular complexity index is 331. The highest BCUT2D eigenvalue weighted by Crippen LogP contribution is 2.36. The minimum atomic E-state index is 0.167. The van der Waals surface area contributed by atoms with Gasteiger partial charge in [0, 0.05) is 38.4 Å². The molecule has 3 fully saturated rings. The van der Waals surface area contributed by atoms with E-state index in [2.05, 4.69) is 10.2 Å². The summed E-state index contributed by atoms with van der Waals surface area (Å²) in [6, 6.07) is 0.666. The average molecular weight is 267 g/mol. The fraction of sp³-hybridized carbons (Fsp3) is 0.929. The van der Waals surface area contributed by atoms with Gasteiger partial charge in [0.2, 0.25) is 5.91 Å². The first-order valence-electron chi connectivity index (χ1n) is 7.57. The molecule has 0 bridgehead atoms. The molecule has 108 valence electrons. The van der Waals surface area contributed by atoms with Crippen molar-refractivity contribution in [1.29, 1.82) is 0 Å². The van der Waals surface area contributed by atoms with Gasteiger partial charge in [0.15, 0.2) is 0 Å². The third kappa shape index (κ3) is 3.09. The van der Waals surface area contributed by atoms with Gasteiger partial charge < -0.3 is 15.8 Å². The molecule has 3 unspecified atom stereocenters. The molecule has 2 saturated heterocycles. The number of fused-ring (bicyclic) bond motifs is 1. The van der Waals surface area contributed by atoms with Gasteiger partial charge >= 0.3 is 0 Å². The van der Waals surface area contributed by atoms with Crippen molar-refractivity contribution < 1.29 is 9.53 Å². The van der Waals surface area contributed by atoms with Gasteiger partial charge in [0.25, 0.3) is 0 Å². The molecule has 2 heterocycles. The first kappa shape index (κ1) is 13.3. The van der Waals surface area contributed by atoms with Crippen LogP contribution in [0.5, 0.6) is 0 Å². The largest absolute Gasteiger partial charge is 0.381 e. The van der Waals surface area contributed by atoms with E-state index in [4.69, 9.17) is 10.5 Å². The fourth-order valence-corrected chi connectivity index (χ4v) is 3.85. The third-order valence-corrected chi connectivity index (χ3v) is 4.94. The summed E-state index contributed by atoms with van der Waals surface area (Å²) in [6.45, 7) is 4.14. The molecule has 19 heavy (non-hydrogen) atoms. The number of ether oxygens (including phenoxy) is 1. The Balaban J connectivity index is 1.43. The summed E-state index contributed by atoms with van der Waals surface area (Å²) in [7, 11) is 0. The van der Waals surface area contributed by atoms with E-state index in [-0.39, 0.29) is 5.91 Å². The maximum absolute atomic E-state index is 12.0. The topological polar surface area (TPSA) is 67.6 Å². The van der Waals surface area contributed by atoms with Gasteiger partial charge in [-0.1, -0.05) is 0 Å². The molecule has 1 amide bonds. The van der Waals surface area contributed by atoms with E-state index in [0.29, 0.717) is 24.5 Å². The fourth-order valence-electron chi connectivity index (χ4n) is 3.85. The number of carbonyl (C=O) groups is 1. The van der Waals surface area contributed by atoms with Crippen LogP contribution in [-0.2, 0) is 9.53 Å². The van der Waals surface area contributed by atoms with E-state index in [0.717, 1.165) is 51.5 Å². The summed E-state index contributed by atoms with van der Waals surface area (Å²) in [5.74, 6) is 1.52. The highest BCUT2D eigenvalue weighted by molar-refractivity contribution is 5.78. The maximum Gasteiger partial charge on any atom is 0.234 e. The number of rotatable bonds is 3. The van der Waals surface area contributed by atoms with Gasteiger partial charge in [0.1, 0.15) is 0 Å². The van der Waals surface area contributed by atoms with Crippen LogP contribution >= 0.6 is 0 Å². The zero-order chi connectivity index (χ0) is 13.2. The number of hydrogen-bond acceptors (Lipinski definition) is 4. The Kier molecular flexibility index (Phi) is 4.05. The molecule has 1 aliphatic carbocycles. The van der Waals surface area contributed by atoms with Gasteiger partial charge in [-0.2, -0.15) is 0 Å². The minimum Gasteiger partial charge on any atom is -0.381 e. The Labute approximate surface area is 114 Å². The summed E-state index contributed by atoms with van der Waals surface area (Å²) >= 11 is 0. The number of nitrogens with one attached hydrogen (secondary N) is 1. The van der Waals surface area contributed by atoms with Crippen LogP contribution < -0.4 is 11.1 Å². The van der Waals surface area contributed by atoms with Gasteiger partial charge in [-0.05, 0) is 37.5 Å². The molecule has 1 saturated carbocycles. The van der Waals surface area contributed by atoms with Crippen LogP contribution in [0, 0.1) is 11.8 Å². The second kappa shape index (κ2) is 5.77. The summed E-state index contributed by atoms with van der Waals surface area (Å²) in [5.41, 5.74) is 6.12. The monoisotopic (exact) mass is 267 g/mol. The molecule has 3 rings (SSSR count). The zero-order valence-electron chi connectivity index (χ0n) is 11.5. The molecule has 0 aromatic rings. The SMILES string of the molecule is NC1CCC2CN(CC(=O)NC3CCOCC3)CC12. The highest BCUT2D eigenvalue weighted by atomic mass is 16.5. The molecular weight excluding hydrogens is 242 g/mol. The molecule has 0 radical (unpaired) electrons. The van der Waals surface area contributed by atoms with E-state index in [1.54, 1.807) is 0 Å². The van der Waals surface area contributed by atoms with Crippen LogP contribution in [0.15, 0.2) is 0 Å². The summed E-state index contributed by atoms with van der Waals surface area (Å²) in [4.78, 5) is 14.3. The Morgan fingerprint density at radius 1 is 1.21 bits per heavy atom. The predicted molar refractivity (Wildman–Crippen MR) is 72.6 cm³/mol. The molecule has 5 nitrogen and oxygen atoms in total. The van der Waals surface area contributed by atoms with Crippen molar-refractivity contribution in [3.05, 3.63) is 0 Å².